The molecule has 1 fully saturated rings. The molecule has 1 N–H and O–H groups in total. The molecule has 1 aliphatic carbocycles. The number of carbonyl (C=O) groups excluding carboxylic acids is 1. The summed E-state index contributed by atoms with van der Waals surface area (Å²) in [7, 11) is 0. The summed E-state index contributed by atoms with van der Waals surface area (Å²) in [5.41, 5.74) is 0. The van der Waals surface area contributed by atoms with Gasteiger partial charge in [0.15, 0.2) is 0 Å². The molecule has 2 nitrogen and oxygen atoms in total. The zero-order chi connectivity index (χ0) is 9.68. The molecule has 0 bridgehead atoms. The van der Waals surface area contributed by atoms with Crippen LogP contribution < -0.4 is 5.32 Å². The molecule has 1 aliphatic rings. The third-order valence-electron chi connectivity index (χ3n) is 2.87. The van der Waals surface area contributed by atoms with Crippen LogP contribution in [0.3, 0.4) is 0 Å². The molecule has 13 heavy (non-hydrogen) atoms. The Labute approximate surface area is 85.0 Å². The van der Waals surface area contributed by atoms with Crippen molar-refractivity contribution >= 4 is 17.5 Å². The molecule has 1 rings (SSSR count). The van der Waals surface area contributed by atoms with Gasteiger partial charge in [-0.3, -0.25) is 4.79 Å². The molecule has 0 aromatic heterocycles. The fourth-order valence-electron chi connectivity index (χ4n) is 2.04. The largest absolute Gasteiger partial charge is 0.352 e. The van der Waals surface area contributed by atoms with Crippen LogP contribution in [0.5, 0.6) is 0 Å². The van der Waals surface area contributed by atoms with E-state index in [0.29, 0.717) is 12.0 Å². The first kappa shape index (κ1) is 10.8. The van der Waals surface area contributed by atoms with Gasteiger partial charge in [0.05, 0.1) is 0 Å². The van der Waals surface area contributed by atoms with E-state index in [1.54, 1.807) is 0 Å². The highest BCUT2D eigenvalue weighted by Crippen LogP contribution is 2.26. The predicted molar refractivity (Wildman–Crippen MR) is 54.9 cm³/mol. The predicted octanol–water partition coefficient (Wildman–Crippen LogP) is 2.31. The quantitative estimate of drug-likeness (QED) is 0.701. The van der Waals surface area contributed by atoms with Gasteiger partial charge in [0.1, 0.15) is 5.88 Å². The molecule has 1 atom stereocenters. The molecular weight excluding hydrogens is 186 g/mol. The molecule has 1 unspecified atom stereocenters. The van der Waals surface area contributed by atoms with Crippen LogP contribution in [0.4, 0.5) is 0 Å². The Morgan fingerprint density at radius 1 is 1.46 bits per heavy atom. The third-order valence-corrected chi connectivity index (χ3v) is 3.11. The summed E-state index contributed by atoms with van der Waals surface area (Å²) in [4.78, 5) is 11.0. The minimum Gasteiger partial charge on any atom is -0.352 e. The molecule has 0 aliphatic heterocycles. The van der Waals surface area contributed by atoms with Gasteiger partial charge in [0.25, 0.3) is 0 Å². The lowest BCUT2D eigenvalue weighted by molar-refractivity contribution is -0.119. The summed E-state index contributed by atoms with van der Waals surface area (Å²) in [6.45, 7) is 2.08. The second-order valence-electron chi connectivity index (χ2n) is 3.89. The lowest BCUT2D eigenvalue weighted by atomic mass is 9.84. The molecule has 1 amide bonds. The van der Waals surface area contributed by atoms with Crippen molar-refractivity contribution in [3.8, 4) is 0 Å². The summed E-state index contributed by atoms with van der Waals surface area (Å²) in [6.07, 6.45) is 6.48. The molecular formula is C10H18ClNO. The van der Waals surface area contributed by atoms with Crippen LogP contribution in [0.25, 0.3) is 0 Å². The van der Waals surface area contributed by atoms with E-state index in [1.165, 1.54) is 32.1 Å². The van der Waals surface area contributed by atoms with E-state index < -0.39 is 0 Å². The van der Waals surface area contributed by atoms with Crippen molar-refractivity contribution in [1.29, 1.82) is 0 Å². The van der Waals surface area contributed by atoms with E-state index >= 15 is 0 Å². The van der Waals surface area contributed by atoms with E-state index in [0.717, 1.165) is 0 Å². The highest BCUT2D eigenvalue weighted by Gasteiger charge is 2.20. The molecule has 0 saturated heterocycles. The van der Waals surface area contributed by atoms with Crippen LogP contribution in [-0.4, -0.2) is 17.8 Å². The number of nitrogens with one attached hydrogen (secondary N) is 1. The SMILES string of the molecule is CC(NC(=O)CCl)C1CCCCC1. The summed E-state index contributed by atoms with van der Waals surface area (Å²) in [5.74, 6) is 0.706. The average Bonchev–Trinajstić information content (AvgIpc) is 2.19. The molecule has 76 valence electrons. The number of rotatable bonds is 3. The molecule has 0 radical (unpaired) electrons. The van der Waals surface area contributed by atoms with Crippen molar-refractivity contribution in [2.45, 2.75) is 45.1 Å². The second-order valence-corrected chi connectivity index (χ2v) is 4.16. The van der Waals surface area contributed by atoms with Crippen molar-refractivity contribution in [3.63, 3.8) is 0 Å². The molecule has 0 heterocycles. The van der Waals surface area contributed by atoms with Crippen molar-refractivity contribution in [1.82, 2.24) is 5.32 Å². The fourth-order valence-corrected chi connectivity index (χ4v) is 2.12. The van der Waals surface area contributed by atoms with E-state index in [2.05, 4.69) is 12.2 Å². The van der Waals surface area contributed by atoms with Gasteiger partial charge in [0, 0.05) is 6.04 Å². The van der Waals surface area contributed by atoms with Crippen molar-refractivity contribution < 1.29 is 4.79 Å². The fraction of sp³-hybridized carbons (Fsp3) is 0.900. The van der Waals surface area contributed by atoms with E-state index in [9.17, 15) is 4.79 Å². The first-order chi connectivity index (χ1) is 6.24. The highest BCUT2D eigenvalue weighted by atomic mass is 35.5. The third kappa shape index (κ3) is 3.55. The zero-order valence-corrected chi connectivity index (χ0v) is 8.94. The van der Waals surface area contributed by atoms with Gasteiger partial charge in [0.2, 0.25) is 5.91 Å². The number of hydrogen-bond donors (Lipinski definition) is 1. The van der Waals surface area contributed by atoms with Crippen LogP contribution in [0.2, 0.25) is 0 Å². The van der Waals surface area contributed by atoms with Crippen LogP contribution in [-0.2, 0) is 4.79 Å². The normalized spacial score (nSPS) is 21.1. The van der Waals surface area contributed by atoms with Gasteiger partial charge in [-0.2, -0.15) is 0 Å². The number of alkyl halides is 1. The number of hydrogen-bond acceptors (Lipinski definition) is 1. The van der Waals surface area contributed by atoms with E-state index in [1.807, 2.05) is 0 Å². The highest BCUT2D eigenvalue weighted by molar-refractivity contribution is 6.27. The van der Waals surface area contributed by atoms with E-state index in [4.69, 9.17) is 11.6 Å². The lowest BCUT2D eigenvalue weighted by Crippen LogP contribution is -2.39. The minimum atomic E-state index is -0.0419. The molecule has 1 saturated carbocycles. The monoisotopic (exact) mass is 203 g/mol. The number of amides is 1. The van der Waals surface area contributed by atoms with Gasteiger partial charge < -0.3 is 5.32 Å². The smallest absolute Gasteiger partial charge is 0.235 e. The van der Waals surface area contributed by atoms with Crippen molar-refractivity contribution in [3.05, 3.63) is 0 Å². The van der Waals surface area contributed by atoms with Crippen LogP contribution in [0.15, 0.2) is 0 Å². The van der Waals surface area contributed by atoms with Crippen molar-refractivity contribution in [2.24, 2.45) is 5.92 Å². The van der Waals surface area contributed by atoms with Gasteiger partial charge >= 0.3 is 0 Å². The molecule has 0 aromatic carbocycles. The van der Waals surface area contributed by atoms with Gasteiger partial charge in [-0.1, -0.05) is 19.3 Å². The Bertz CT molecular complexity index is 166. The summed E-state index contributed by atoms with van der Waals surface area (Å²) < 4.78 is 0. The van der Waals surface area contributed by atoms with Crippen molar-refractivity contribution in [2.75, 3.05) is 5.88 Å². The maximum Gasteiger partial charge on any atom is 0.235 e. The first-order valence-electron chi connectivity index (χ1n) is 5.09. The maximum absolute atomic E-state index is 11.0. The average molecular weight is 204 g/mol. The Kier molecular flexibility index (Phi) is 4.57. The maximum atomic E-state index is 11.0. The minimum absolute atomic E-state index is 0.0419. The van der Waals surface area contributed by atoms with E-state index in [-0.39, 0.29) is 11.8 Å². The second kappa shape index (κ2) is 5.48. The number of halogens is 1. The summed E-state index contributed by atoms with van der Waals surface area (Å²) >= 11 is 5.42. The standard InChI is InChI=1S/C10H18ClNO/c1-8(12-10(13)7-11)9-5-3-2-4-6-9/h8-9H,2-7H2,1H3,(H,12,13). The van der Waals surface area contributed by atoms with Crippen LogP contribution in [0.1, 0.15) is 39.0 Å². The Morgan fingerprint density at radius 2 is 2.08 bits per heavy atom. The van der Waals surface area contributed by atoms with Gasteiger partial charge in [-0.25, -0.2) is 0 Å². The Morgan fingerprint density at radius 3 is 2.62 bits per heavy atom. The van der Waals surface area contributed by atoms with Gasteiger partial charge in [-0.15, -0.1) is 11.6 Å². The lowest BCUT2D eigenvalue weighted by Gasteiger charge is -2.27. The summed E-state index contributed by atoms with van der Waals surface area (Å²) in [5, 5.41) is 2.93. The first-order valence-corrected chi connectivity index (χ1v) is 5.63. The number of carbonyl (C=O) groups is 1. The topological polar surface area (TPSA) is 29.1 Å². The summed E-state index contributed by atoms with van der Waals surface area (Å²) in [6, 6.07) is 0.298. The Balaban J connectivity index is 2.28. The molecule has 0 spiro atoms. The van der Waals surface area contributed by atoms with Crippen LogP contribution in [0, 0.1) is 5.92 Å². The van der Waals surface area contributed by atoms with Gasteiger partial charge in [-0.05, 0) is 25.7 Å². The molecule has 0 aromatic rings. The Hall–Kier alpha value is -0.240. The van der Waals surface area contributed by atoms with Crippen LogP contribution >= 0.6 is 11.6 Å². The zero-order valence-electron chi connectivity index (χ0n) is 8.18. The molecule has 3 heteroatoms.